The summed E-state index contributed by atoms with van der Waals surface area (Å²) in [4.78, 5) is 15.6. The highest BCUT2D eigenvalue weighted by Crippen LogP contribution is 2.41. The number of rotatable bonds is 3. The molecule has 3 aromatic rings. The predicted molar refractivity (Wildman–Crippen MR) is 130 cm³/mol. The number of carbonyl (C=O) groups excluding carboxylic acids is 1. The van der Waals surface area contributed by atoms with E-state index in [-0.39, 0.29) is 23.9 Å². The highest BCUT2D eigenvalue weighted by molar-refractivity contribution is 7.89. The van der Waals surface area contributed by atoms with Crippen molar-refractivity contribution in [3.8, 4) is 0 Å². The minimum absolute atomic E-state index is 0.0860. The molecule has 0 aromatic heterocycles. The highest BCUT2D eigenvalue weighted by Gasteiger charge is 2.48. The SMILES string of the molecule is Cc1ccc(S(=O)(=O)N2CCC3(CC2)Nc2ccccc2C(=O)N3c2ccccc2)cc1Cl. The van der Waals surface area contributed by atoms with Crippen molar-refractivity contribution in [3.05, 3.63) is 88.9 Å². The summed E-state index contributed by atoms with van der Waals surface area (Å²) in [5.41, 5.74) is 2.28. The van der Waals surface area contributed by atoms with Gasteiger partial charge in [-0.05, 0) is 48.9 Å². The van der Waals surface area contributed by atoms with Gasteiger partial charge < -0.3 is 5.32 Å². The molecule has 0 radical (unpaired) electrons. The molecule has 33 heavy (non-hydrogen) atoms. The van der Waals surface area contributed by atoms with Gasteiger partial charge in [0, 0.05) is 42.3 Å². The van der Waals surface area contributed by atoms with Crippen LogP contribution < -0.4 is 10.2 Å². The van der Waals surface area contributed by atoms with Crippen molar-refractivity contribution in [3.63, 3.8) is 0 Å². The van der Waals surface area contributed by atoms with Gasteiger partial charge in [0.2, 0.25) is 10.0 Å². The molecule has 2 aliphatic rings. The van der Waals surface area contributed by atoms with E-state index in [4.69, 9.17) is 11.6 Å². The van der Waals surface area contributed by atoms with E-state index in [2.05, 4.69) is 5.32 Å². The summed E-state index contributed by atoms with van der Waals surface area (Å²) in [5, 5.41) is 4.01. The summed E-state index contributed by atoms with van der Waals surface area (Å²) < 4.78 is 28.1. The molecule has 170 valence electrons. The normalized spacial score (nSPS) is 18.1. The van der Waals surface area contributed by atoms with Crippen LogP contribution in [0.15, 0.2) is 77.7 Å². The molecule has 1 spiro atoms. The van der Waals surface area contributed by atoms with Gasteiger partial charge in [0.05, 0.1) is 10.5 Å². The third-order valence-electron chi connectivity index (χ3n) is 6.50. The van der Waals surface area contributed by atoms with Gasteiger partial charge in [0.1, 0.15) is 5.66 Å². The van der Waals surface area contributed by atoms with Crippen molar-refractivity contribution in [1.82, 2.24) is 4.31 Å². The van der Waals surface area contributed by atoms with Crippen LogP contribution in [0.2, 0.25) is 5.02 Å². The predicted octanol–water partition coefficient (Wildman–Crippen LogP) is 4.90. The topological polar surface area (TPSA) is 69.7 Å². The van der Waals surface area contributed by atoms with Gasteiger partial charge in [0.25, 0.3) is 5.91 Å². The maximum absolute atomic E-state index is 13.6. The number of hydrogen-bond donors (Lipinski definition) is 1. The van der Waals surface area contributed by atoms with Crippen LogP contribution in [0.4, 0.5) is 11.4 Å². The van der Waals surface area contributed by atoms with Gasteiger partial charge in [-0.3, -0.25) is 9.69 Å². The number of carbonyl (C=O) groups is 1. The van der Waals surface area contributed by atoms with E-state index in [9.17, 15) is 13.2 Å². The van der Waals surface area contributed by atoms with Crippen LogP contribution >= 0.6 is 11.6 Å². The average Bonchev–Trinajstić information content (AvgIpc) is 2.82. The Morgan fingerprint density at radius 3 is 2.30 bits per heavy atom. The van der Waals surface area contributed by atoms with Gasteiger partial charge in [-0.25, -0.2) is 8.42 Å². The van der Waals surface area contributed by atoms with Gasteiger partial charge in [-0.1, -0.05) is 48.0 Å². The summed E-state index contributed by atoms with van der Waals surface area (Å²) >= 11 is 6.19. The molecule has 0 atom stereocenters. The summed E-state index contributed by atoms with van der Waals surface area (Å²) in [5.74, 6) is -0.0860. The summed E-state index contributed by atoms with van der Waals surface area (Å²) in [6, 6.07) is 21.8. The van der Waals surface area contributed by atoms with Crippen molar-refractivity contribution in [2.75, 3.05) is 23.3 Å². The number of nitrogens with one attached hydrogen (secondary N) is 1. The lowest BCUT2D eigenvalue weighted by Gasteiger charge is -2.51. The Morgan fingerprint density at radius 2 is 1.61 bits per heavy atom. The van der Waals surface area contributed by atoms with Crippen LogP contribution in [0.1, 0.15) is 28.8 Å². The Labute approximate surface area is 198 Å². The van der Waals surface area contributed by atoms with E-state index in [1.165, 1.54) is 10.4 Å². The summed E-state index contributed by atoms with van der Waals surface area (Å²) in [6.07, 6.45) is 0.890. The molecule has 6 nitrogen and oxygen atoms in total. The lowest BCUT2D eigenvalue weighted by atomic mass is 9.90. The number of sulfonamides is 1. The van der Waals surface area contributed by atoms with Crippen molar-refractivity contribution >= 4 is 38.9 Å². The third-order valence-corrected chi connectivity index (χ3v) is 8.80. The molecule has 0 bridgehead atoms. The van der Waals surface area contributed by atoms with Crippen molar-refractivity contribution in [2.24, 2.45) is 0 Å². The van der Waals surface area contributed by atoms with Crippen LogP contribution in [0.25, 0.3) is 0 Å². The number of hydrogen-bond acceptors (Lipinski definition) is 4. The van der Waals surface area contributed by atoms with Crippen LogP contribution in [-0.2, 0) is 10.0 Å². The van der Waals surface area contributed by atoms with Crippen molar-refractivity contribution in [1.29, 1.82) is 0 Å². The number of benzene rings is 3. The molecule has 2 heterocycles. The Hall–Kier alpha value is -2.87. The number of para-hydroxylation sites is 2. The first-order valence-electron chi connectivity index (χ1n) is 10.8. The van der Waals surface area contributed by atoms with E-state index in [1.54, 1.807) is 17.0 Å². The average molecular weight is 482 g/mol. The highest BCUT2D eigenvalue weighted by atomic mass is 35.5. The minimum Gasteiger partial charge on any atom is -0.362 e. The minimum atomic E-state index is -3.70. The summed E-state index contributed by atoms with van der Waals surface area (Å²) in [6.45, 7) is 2.39. The Bertz CT molecular complexity index is 1320. The lowest BCUT2D eigenvalue weighted by Crippen LogP contribution is -2.64. The van der Waals surface area contributed by atoms with Crippen molar-refractivity contribution in [2.45, 2.75) is 30.3 Å². The maximum atomic E-state index is 13.6. The van der Waals surface area contributed by atoms with E-state index < -0.39 is 15.7 Å². The summed E-state index contributed by atoms with van der Waals surface area (Å²) in [7, 11) is -3.70. The largest absolute Gasteiger partial charge is 0.362 e. The molecule has 0 unspecified atom stereocenters. The lowest BCUT2D eigenvalue weighted by molar-refractivity contribution is 0.0931. The molecule has 5 rings (SSSR count). The molecule has 1 fully saturated rings. The number of aryl methyl sites for hydroxylation is 1. The number of piperidine rings is 1. The van der Waals surface area contributed by atoms with Gasteiger partial charge in [0.15, 0.2) is 0 Å². The first-order chi connectivity index (χ1) is 15.8. The fraction of sp³-hybridized carbons (Fsp3) is 0.240. The van der Waals surface area contributed by atoms with E-state index in [0.717, 1.165) is 16.9 Å². The zero-order valence-corrected chi connectivity index (χ0v) is 19.7. The second-order valence-electron chi connectivity index (χ2n) is 8.49. The van der Waals surface area contributed by atoms with E-state index >= 15 is 0 Å². The van der Waals surface area contributed by atoms with Crippen molar-refractivity contribution < 1.29 is 13.2 Å². The number of anilines is 2. The van der Waals surface area contributed by atoms with Gasteiger partial charge >= 0.3 is 0 Å². The first kappa shape index (κ1) is 21.9. The molecule has 2 aliphatic heterocycles. The van der Waals surface area contributed by atoms with Crippen LogP contribution in [0.3, 0.4) is 0 Å². The molecule has 0 saturated carbocycles. The molecule has 1 N–H and O–H groups in total. The zero-order valence-electron chi connectivity index (χ0n) is 18.2. The van der Waals surface area contributed by atoms with Crippen LogP contribution in [-0.4, -0.2) is 37.4 Å². The molecule has 3 aromatic carbocycles. The Balaban J connectivity index is 1.49. The second kappa shape index (κ2) is 8.17. The fourth-order valence-corrected chi connectivity index (χ4v) is 6.38. The van der Waals surface area contributed by atoms with Crippen LogP contribution in [0.5, 0.6) is 0 Å². The van der Waals surface area contributed by atoms with E-state index in [0.29, 0.717) is 23.4 Å². The van der Waals surface area contributed by atoms with Crippen LogP contribution in [0, 0.1) is 6.92 Å². The van der Waals surface area contributed by atoms with Gasteiger partial charge in [-0.15, -0.1) is 0 Å². The molecule has 0 aliphatic carbocycles. The van der Waals surface area contributed by atoms with Gasteiger partial charge in [-0.2, -0.15) is 4.31 Å². The second-order valence-corrected chi connectivity index (χ2v) is 10.8. The molecule has 8 heteroatoms. The molecule has 1 amide bonds. The molecular formula is C25H24ClN3O3S. The molecular weight excluding hydrogens is 458 g/mol. The fourth-order valence-electron chi connectivity index (χ4n) is 4.67. The first-order valence-corrected chi connectivity index (χ1v) is 12.7. The Morgan fingerprint density at radius 1 is 0.939 bits per heavy atom. The van der Waals surface area contributed by atoms with E-state index in [1.807, 2.05) is 61.5 Å². The molecule has 1 saturated heterocycles. The Kier molecular flexibility index (Phi) is 5.43. The quantitative estimate of drug-likeness (QED) is 0.577. The maximum Gasteiger partial charge on any atom is 0.262 e. The number of amides is 1. The zero-order chi connectivity index (χ0) is 23.2. The number of nitrogens with zero attached hydrogens (tertiary/aromatic N) is 2. The smallest absolute Gasteiger partial charge is 0.262 e. The third kappa shape index (κ3) is 3.70. The monoisotopic (exact) mass is 481 g/mol. The number of halogens is 1. The standard InChI is InChI=1S/C25H24ClN3O3S/c1-18-11-12-20(17-22(18)26)33(31,32)28-15-13-25(14-16-28)27-23-10-6-5-9-21(23)24(30)29(25)19-7-3-2-4-8-19/h2-12,17,27H,13-16H2,1H3. The number of fused-ring (bicyclic) bond motifs is 1.